The zero-order chi connectivity index (χ0) is 13.7. The van der Waals surface area contributed by atoms with Crippen LogP contribution in [0, 0.1) is 6.92 Å². The van der Waals surface area contributed by atoms with Crippen LogP contribution >= 0.6 is 0 Å². The fourth-order valence-electron chi connectivity index (χ4n) is 2.19. The molecule has 0 bridgehead atoms. The summed E-state index contributed by atoms with van der Waals surface area (Å²) in [4.78, 5) is 0. The monoisotopic (exact) mass is 260 g/mol. The van der Waals surface area contributed by atoms with Gasteiger partial charge in [-0.15, -0.1) is 0 Å². The highest BCUT2D eigenvalue weighted by molar-refractivity contribution is 5.37. The Morgan fingerprint density at radius 1 is 1.42 bits per heavy atom. The van der Waals surface area contributed by atoms with Crippen molar-refractivity contribution in [2.75, 3.05) is 13.7 Å². The van der Waals surface area contributed by atoms with Gasteiger partial charge in [0.2, 0.25) is 0 Å². The molecule has 0 radical (unpaired) electrons. The first-order valence-electron chi connectivity index (χ1n) is 6.47. The molecule has 0 aliphatic heterocycles. The van der Waals surface area contributed by atoms with Crippen molar-refractivity contribution in [3.63, 3.8) is 0 Å². The first kappa shape index (κ1) is 13.5. The maximum absolute atomic E-state index is 5.43. The second-order valence-electron chi connectivity index (χ2n) is 4.52. The molecule has 19 heavy (non-hydrogen) atoms. The van der Waals surface area contributed by atoms with Crippen molar-refractivity contribution < 1.29 is 4.74 Å². The van der Waals surface area contributed by atoms with Crippen molar-refractivity contribution in [2.24, 2.45) is 0 Å². The number of methoxy groups -OCH3 is 1. The van der Waals surface area contributed by atoms with Gasteiger partial charge in [0, 0.05) is 0 Å². The fourth-order valence-corrected chi connectivity index (χ4v) is 2.19. The van der Waals surface area contributed by atoms with Crippen LogP contribution in [0.15, 0.2) is 24.4 Å². The van der Waals surface area contributed by atoms with E-state index in [0.29, 0.717) is 0 Å². The summed E-state index contributed by atoms with van der Waals surface area (Å²) in [5.41, 5.74) is 3.33. The Kier molecular flexibility index (Phi) is 4.52. The summed E-state index contributed by atoms with van der Waals surface area (Å²) in [6, 6.07) is 6.36. The van der Waals surface area contributed by atoms with Crippen molar-refractivity contribution in [2.45, 2.75) is 26.3 Å². The van der Waals surface area contributed by atoms with E-state index in [1.165, 1.54) is 11.1 Å². The highest BCUT2D eigenvalue weighted by atomic mass is 16.5. The highest BCUT2D eigenvalue weighted by Gasteiger charge is 2.16. The summed E-state index contributed by atoms with van der Waals surface area (Å²) in [6.07, 6.45) is 2.58. The van der Waals surface area contributed by atoms with Gasteiger partial charge in [-0.3, -0.25) is 0 Å². The number of nitrogens with zero attached hydrogens (tertiary/aromatic N) is 2. The Morgan fingerprint density at radius 2 is 2.26 bits per heavy atom. The molecular formula is C14H20N4O. The van der Waals surface area contributed by atoms with Gasteiger partial charge in [0.05, 0.1) is 25.0 Å². The van der Waals surface area contributed by atoms with Crippen molar-refractivity contribution in [1.82, 2.24) is 20.7 Å². The van der Waals surface area contributed by atoms with Crippen LogP contribution in [0.4, 0.5) is 0 Å². The summed E-state index contributed by atoms with van der Waals surface area (Å²) in [6.45, 7) is 5.05. The molecule has 0 saturated carbocycles. The molecule has 5 nitrogen and oxygen atoms in total. The van der Waals surface area contributed by atoms with Crippen molar-refractivity contribution in [3.05, 3.63) is 41.2 Å². The number of hydrogen-bond acceptors (Lipinski definition) is 4. The summed E-state index contributed by atoms with van der Waals surface area (Å²) in [5.74, 6) is 0.914. The second kappa shape index (κ2) is 6.33. The standard InChI is InChI=1S/C14H20N4O/c1-4-15-12(13-9-16-18-17-13)8-11-7-10(2)5-6-14(11)19-3/h5-7,9,12,15H,4,8H2,1-3H3,(H,16,17,18). The number of rotatable bonds is 6. The number of aromatic nitrogens is 3. The van der Waals surface area contributed by atoms with Gasteiger partial charge < -0.3 is 10.1 Å². The molecule has 0 spiro atoms. The third-order valence-corrected chi connectivity index (χ3v) is 3.10. The van der Waals surface area contributed by atoms with E-state index in [4.69, 9.17) is 4.74 Å². The van der Waals surface area contributed by atoms with Crippen LogP contribution in [0.1, 0.15) is 29.8 Å². The minimum absolute atomic E-state index is 0.138. The minimum atomic E-state index is 0.138. The van der Waals surface area contributed by atoms with Gasteiger partial charge in [0.15, 0.2) is 0 Å². The number of likely N-dealkylation sites (N-methyl/N-ethyl adjacent to an activating group) is 1. The normalized spacial score (nSPS) is 12.4. The Morgan fingerprint density at radius 3 is 2.89 bits per heavy atom. The Labute approximate surface area is 113 Å². The molecule has 0 fully saturated rings. The third kappa shape index (κ3) is 3.32. The van der Waals surface area contributed by atoms with E-state index in [9.17, 15) is 0 Å². The Hall–Kier alpha value is -1.88. The SMILES string of the molecule is CCNC(Cc1cc(C)ccc1OC)c1cn[nH]n1. The number of aryl methyl sites for hydroxylation is 1. The molecule has 1 atom stereocenters. The summed E-state index contributed by atoms with van der Waals surface area (Å²) in [5, 5.41) is 14.1. The smallest absolute Gasteiger partial charge is 0.122 e. The lowest BCUT2D eigenvalue weighted by atomic mass is 10.0. The van der Waals surface area contributed by atoms with Gasteiger partial charge in [0.1, 0.15) is 5.75 Å². The number of aromatic amines is 1. The third-order valence-electron chi connectivity index (χ3n) is 3.10. The quantitative estimate of drug-likeness (QED) is 0.834. The second-order valence-corrected chi connectivity index (χ2v) is 4.52. The molecule has 0 amide bonds. The van der Waals surface area contributed by atoms with E-state index in [1.807, 2.05) is 6.07 Å². The van der Waals surface area contributed by atoms with E-state index in [-0.39, 0.29) is 6.04 Å². The van der Waals surface area contributed by atoms with E-state index < -0.39 is 0 Å². The van der Waals surface area contributed by atoms with Crippen LogP contribution in [0.5, 0.6) is 5.75 Å². The van der Waals surface area contributed by atoms with Crippen LogP contribution in [-0.4, -0.2) is 29.1 Å². The number of benzene rings is 1. The number of H-pyrrole nitrogens is 1. The largest absolute Gasteiger partial charge is 0.496 e. The molecule has 1 unspecified atom stereocenters. The van der Waals surface area contributed by atoms with Crippen LogP contribution < -0.4 is 10.1 Å². The van der Waals surface area contributed by atoms with Gasteiger partial charge in [0.25, 0.3) is 0 Å². The topological polar surface area (TPSA) is 62.8 Å². The van der Waals surface area contributed by atoms with Crippen LogP contribution in [0.3, 0.4) is 0 Å². The maximum atomic E-state index is 5.43. The Balaban J connectivity index is 2.24. The lowest BCUT2D eigenvalue weighted by Crippen LogP contribution is -2.23. The molecule has 0 aliphatic rings. The van der Waals surface area contributed by atoms with Gasteiger partial charge in [-0.05, 0) is 31.5 Å². The minimum Gasteiger partial charge on any atom is -0.496 e. The predicted molar refractivity (Wildman–Crippen MR) is 74.2 cm³/mol. The molecule has 2 rings (SSSR count). The molecule has 1 aromatic carbocycles. The van der Waals surface area contributed by atoms with Crippen molar-refractivity contribution in [1.29, 1.82) is 0 Å². The average Bonchev–Trinajstić information content (AvgIpc) is 2.92. The van der Waals surface area contributed by atoms with E-state index in [1.54, 1.807) is 13.3 Å². The summed E-state index contributed by atoms with van der Waals surface area (Å²) in [7, 11) is 1.70. The predicted octanol–water partition coefficient (Wildman–Crippen LogP) is 2.02. The first-order valence-corrected chi connectivity index (χ1v) is 6.47. The van der Waals surface area contributed by atoms with Gasteiger partial charge in [-0.25, -0.2) is 0 Å². The number of ether oxygens (including phenoxy) is 1. The van der Waals surface area contributed by atoms with E-state index in [2.05, 4.69) is 46.7 Å². The van der Waals surface area contributed by atoms with Crippen molar-refractivity contribution >= 4 is 0 Å². The van der Waals surface area contributed by atoms with Gasteiger partial charge >= 0.3 is 0 Å². The van der Waals surface area contributed by atoms with Gasteiger partial charge in [-0.2, -0.15) is 15.4 Å². The lowest BCUT2D eigenvalue weighted by Gasteiger charge is -2.17. The summed E-state index contributed by atoms with van der Waals surface area (Å²) < 4.78 is 5.43. The van der Waals surface area contributed by atoms with Crippen LogP contribution in [0.2, 0.25) is 0 Å². The molecule has 0 aliphatic carbocycles. The fraction of sp³-hybridized carbons (Fsp3) is 0.429. The molecule has 1 aromatic heterocycles. The number of hydrogen-bond donors (Lipinski definition) is 2. The average molecular weight is 260 g/mol. The molecule has 2 N–H and O–H groups in total. The number of nitrogens with one attached hydrogen (secondary N) is 2. The van der Waals surface area contributed by atoms with Crippen LogP contribution in [0.25, 0.3) is 0 Å². The van der Waals surface area contributed by atoms with Gasteiger partial charge in [-0.1, -0.05) is 24.6 Å². The zero-order valence-electron chi connectivity index (χ0n) is 11.6. The van der Waals surface area contributed by atoms with E-state index >= 15 is 0 Å². The van der Waals surface area contributed by atoms with Crippen LogP contribution in [-0.2, 0) is 6.42 Å². The Bertz CT molecular complexity index is 510. The maximum Gasteiger partial charge on any atom is 0.122 e. The zero-order valence-corrected chi connectivity index (χ0v) is 11.6. The van der Waals surface area contributed by atoms with E-state index in [0.717, 1.165) is 24.4 Å². The lowest BCUT2D eigenvalue weighted by molar-refractivity contribution is 0.405. The molecule has 0 saturated heterocycles. The van der Waals surface area contributed by atoms with Crippen molar-refractivity contribution in [3.8, 4) is 5.75 Å². The summed E-state index contributed by atoms with van der Waals surface area (Å²) >= 11 is 0. The molecular weight excluding hydrogens is 240 g/mol. The molecule has 5 heteroatoms. The molecule has 102 valence electrons. The molecule has 1 heterocycles. The first-order chi connectivity index (χ1) is 9.24. The highest BCUT2D eigenvalue weighted by Crippen LogP contribution is 2.25. The molecule has 2 aromatic rings.